The number of hydrogen-bond donors (Lipinski definition) is 1. The molecule has 0 heterocycles. The highest BCUT2D eigenvalue weighted by molar-refractivity contribution is 5.81. The molecule has 6 heteroatoms. The summed E-state index contributed by atoms with van der Waals surface area (Å²) in [5.74, 6) is -0.587. The Morgan fingerprint density at radius 1 is 1.17 bits per heavy atom. The number of carbonyl (C=O) groups is 2. The fourth-order valence-electron chi connectivity index (χ4n) is 1.82. The van der Waals surface area contributed by atoms with Crippen molar-refractivity contribution in [1.29, 1.82) is 0 Å². The van der Waals surface area contributed by atoms with Gasteiger partial charge in [0.05, 0.1) is 19.8 Å². The van der Waals surface area contributed by atoms with Crippen molar-refractivity contribution in [3.8, 4) is 0 Å². The molecule has 1 N–H and O–H groups in total. The van der Waals surface area contributed by atoms with E-state index in [0.29, 0.717) is 0 Å². The van der Waals surface area contributed by atoms with Gasteiger partial charge in [-0.3, -0.25) is 0 Å². The lowest BCUT2D eigenvalue weighted by Gasteiger charge is -2.23. The lowest BCUT2D eigenvalue weighted by molar-refractivity contribution is -0.145. The van der Waals surface area contributed by atoms with Gasteiger partial charge in [-0.25, -0.2) is 9.59 Å². The van der Waals surface area contributed by atoms with Crippen LogP contribution in [0, 0.1) is 0 Å². The van der Waals surface area contributed by atoms with Crippen LogP contribution in [0.15, 0.2) is 30.3 Å². The van der Waals surface area contributed by atoms with E-state index in [1.807, 2.05) is 37.3 Å². The van der Waals surface area contributed by atoms with E-state index in [-0.39, 0.29) is 12.7 Å². The maximum Gasteiger partial charge on any atom is 0.408 e. The Morgan fingerprint density at radius 3 is 2.30 bits per heavy atom. The summed E-state index contributed by atoms with van der Waals surface area (Å²) in [6.07, 6.45) is -0.910. The van der Waals surface area contributed by atoms with Crippen molar-refractivity contribution in [2.45, 2.75) is 45.4 Å². The number of ether oxygens (including phenoxy) is 3. The average molecular weight is 323 g/mol. The molecule has 0 aliphatic rings. The molecule has 2 atom stereocenters. The summed E-state index contributed by atoms with van der Waals surface area (Å²) in [6, 6.07) is 8.66. The van der Waals surface area contributed by atoms with Crippen molar-refractivity contribution >= 4 is 12.1 Å². The van der Waals surface area contributed by atoms with Gasteiger partial charge in [0.1, 0.15) is 5.60 Å². The van der Waals surface area contributed by atoms with Gasteiger partial charge in [-0.1, -0.05) is 30.3 Å². The fraction of sp³-hybridized carbons (Fsp3) is 0.529. The molecule has 1 amide bonds. The van der Waals surface area contributed by atoms with Gasteiger partial charge >= 0.3 is 12.1 Å². The minimum Gasteiger partial charge on any atom is -0.467 e. The molecule has 0 fully saturated rings. The molecule has 0 aromatic heterocycles. The number of alkyl carbamates (subject to hydrolysis) is 1. The van der Waals surface area contributed by atoms with Crippen molar-refractivity contribution in [3.63, 3.8) is 0 Å². The minimum absolute atomic E-state index is 0.0119. The van der Waals surface area contributed by atoms with Crippen LogP contribution in [0.1, 0.15) is 39.4 Å². The molecule has 0 saturated heterocycles. The molecule has 0 radical (unpaired) electrons. The zero-order valence-electron chi connectivity index (χ0n) is 14.3. The van der Waals surface area contributed by atoms with E-state index in [1.54, 1.807) is 20.8 Å². The molecular weight excluding hydrogens is 298 g/mol. The van der Waals surface area contributed by atoms with Crippen molar-refractivity contribution in [1.82, 2.24) is 5.32 Å². The van der Waals surface area contributed by atoms with Crippen LogP contribution in [0.25, 0.3) is 0 Å². The van der Waals surface area contributed by atoms with Crippen LogP contribution in [0.4, 0.5) is 4.79 Å². The number of amides is 1. The Morgan fingerprint density at radius 2 is 1.78 bits per heavy atom. The van der Waals surface area contributed by atoms with Crippen molar-refractivity contribution in [3.05, 3.63) is 35.9 Å². The third kappa shape index (κ3) is 7.15. The quantitative estimate of drug-likeness (QED) is 0.815. The van der Waals surface area contributed by atoms with Gasteiger partial charge in [-0.15, -0.1) is 0 Å². The van der Waals surface area contributed by atoms with Gasteiger partial charge in [-0.2, -0.15) is 0 Å². The highest BCUT2D eigenvalue weighted by Crippen LogP contribution is 2.16. The summed E-state index contributed by atoms with van der Waals surface area (Å²) in [5.41, 5.74) is 0.330. The smallest absolute Gasteiger partial charge is 0.408 e. The van der Waals surface area contributed by atoms with E-state index in [9.17, 15) is 9.59 Å². The molecule has 0 saturated carbocycles. The van der Waals surface area contributed by atoms with Crippen molar-refractivity contribution < 1.29 is 23.8 Å². The Hall–Kier alpha value is -2.08. The first kappa shape index (κ1) is 19.0. The van der Waals surface area contributed by atoms with Crippen molar-refractivity contribution in [2.75, 3.05) is 13.7 Å². The van der Waals surface area contributed by atoms with Crippen LogP contribution < -0.4 is 5.32 Å². The van der Waals surface area contributed by atoms with Crippen LogP contribution in [0.3, 0.4) is 0 Å². The van der Waals surface area contributed by atoms with Crippen LogP contribution >= 0.6 is 0 Å². The van der Waals surface area contributed by atoms with Gasteiger partial charge in [-0.05, 0) is 33.3 Å². The lowest BCUT2D eigenvalue weighted by Crippen LogP contribution is -2.46. The maximum atomic E-state index is 11.8. The van der Waals surface area contributed by atoms with Gasteiger partial charge in [0.15, 0.2) is 6.04 Å². The number of rotatable bonds is 6. The zero-order chi connectivity index (χ0) is 17.5. The summed E-state index contributed by atoms with van der Waals surface area (Å²) >= 11 is 0. The monoisotopic (exact) mass is 323 g/mol. The van der Waals surface area contributed by atoms with E-state index in [2.05, 4.69) is 5.32 Å². The number of esters is 1. The second-order valence-electron chi connectivity index (χ2n) is 6.11. The third-order valence-electron chi connectivity index (χ3n) is 2.96. The van der Waals surface area contributed by atoms with E-state index in [0.717, 1.165) is 5.56 Å². The zero-order valence-corrected chi connectivity index (χ0v) is 14.3. The van der Waals surface area contributed by atoms with E-state index in [1.165, 1.54) is 7.11 Å². The average Bonchev–Trinajstić information content (AvgIpc) is 2.49. The molecule has 6 nitrogen and oxygen atoms in total. The van der Waals surface area contributed by atoms with Crippen LogP contribution in [-0.4, -0.2) is 37.4 Å². The standard InChI is InChI=1S/C17H25NO5/c1-12(13-9-7-6-8-10-13)22-11-14(15(19)21-5)18-16(20)23-17(2,3)4/h6-10,12,14H,11H2,1-5H3,(H,18,20). The highest BCUT2D eigenvalue weighted by atomic mass is 16.6. The molecule has 2 unspecified atom stereocenters. The van der Waals surface area contributed by atoms with Gasteiger partial charge in [0.2, 0.25) is 0 Å². The summed E-state index contributed by atoms with van der Waals surface area (Å²) in [7, 11) is 1.26. The molecule has 0 aliphatic heterocycles. The fourth-order valence-corrected chi connectivity index (χ4v) is 1.82. The molecule has 0 bridgehead atoms. The minimum atomic E-state index is -0.930. The number of methoxy groups -OCH3 is 1. The maximum absolute atomic E-state index is 11.8. The topological polar surface area (TPSA) is 73.9 Å². The molecule has 128 valence electrons. The molecule has 1 rings (SSSR count). The normalized spacial score (nSPS) is 13.8. The second kappa shape index (κ2) is 8.53. The Balaban J connectivity index is 2.61. The van der Waals surface area contributed by atoms with E-state index in [4.69, 9.17) is 14.2 Å². The van der Waals surface area contributed by atoms with Crippen LogP contribution in [0.2, 0.25) is 0 Å². The largest absolute Gasteiger partial charge is 0.467 e. The highest BCUT2D eigenvalue weighted by Gasteiger charge is 2.26. The van der Waals surface area contributed by atoms with Gasteiger partial charge < -0.3 is 19.5 Å². The Bertz CT molecular complexity index is 509. The van der Waals surface area contributed by atoms with E-state index < -0.39 is 23.7 Å². The van der Waals surface area contributed by atoms with E-state index >= 15 is 0 Å². The van der Waals surface area contributed by atoms with Crippen LogP contribution in [0.5, 0.6) is 0 Å². The predicted molar refractivity (Wildman–Crippen MR) is 86.0 cm³/mol. The summed E-state index contributed by atoms with van der Waals surface area (Å²) in [4.78, 5) is 23.6. The van der Waals surface area contributed by atoms with Crippen molar-refractivity contribution in [2.24, 2.45) is 0 Å². The van der Waals surface area contributed by atoms with Gasteiger partial charge in [0, 0.05) is 0 Å². The second-order valence-corrected chi connectivity index (χ2v) is 6.11. The lowest BCUT2D eigenvalue weighted by atomic mass is 10.1. The number of benzene rings is 1. The molecule has 0 spiro atoms. The first-order valence-corrected chi connectivity index (χ1v) is 7.47. The third-order valence-corrected chi connectivity index (χ3v) is 2.96. The van der Waals surface area contributed by atoms with Gasteiger partial charge in [0.25, 0.3) is 0 Å². The number of carbonyl (C=O) groups excluding carboxylic acids is 2. The summed E-state index contributed by atoms with van der Waals surface area (Å²) in [5, 5.41) is 2.47. The first-order valence-electron chi connectivity index (χ1n) is 7.47. The number of nitrogens with one attached hydrogen (secondary N) is 1. The molecule has 1 aromatic carbocycles. The number of hydrogen-bond acceptors (Lipinski definition) is 5. The van der Waals surface area contributed by atoms with Crippen LogP contribution in [-0.2, 0) is 19.0 Å². The first-order chi connectivity index (χ1) is 10.7. The SMILES string of the molecule is COC(=O)C(COC(C)c1ccccc1)NC(=O)OC(C)(C)C. The summed E-state index contributed by atoms with van der Waals surface area (Å²) in [6.45, 7) is 7.09. The molecular formula is C17H25NO5. The molecule has 0 aliphatic carbocycles. The molecule has 23 heavy (non-hydrogen) atoms. The predicted octanol–water partition coefficient (Wildman–Crippen LogP) is 2.83. The Kier molecular flexibility index (Phi) is 7.03. The Labute approximate surface area is 137 Å². The summed E-state index contributed by atoms with van der Waals surface area (Å²) < 4.78 is 15.5. The molecule has 1 aromatic rings.